The molecule has 0 radical (unpaired) electrons. The Labute approximate surface area is 257 Å². The molecule has 3 heterocycles. The molecule has 11 nitrogen and oxygen atoms in total. The van der Waals surface area contributed by atoms with Crippen molar-refractivity contribution in [2.45, 2.75) is 25.3 Å². The maximum atomic E-state index is 14.8. The Bertz CT molecular complexity index is 1630. The molecule has 3 aromatic rings. The monoisotopic (exact) mass is 625 g/mol. The molecule has 2 aliphatic heterocycles. The van der Waals surface area contributed by atoms with Crippen LogP contribution in [0.3, 0.4) is 0 Å². The fourth-order valence-corrected chi connectivity index (χ4v) is 5.62. The van der Waals surface area contributed by atoms with Crippen LogP contribution in [0.2, 0.25) is 5.02 Å². The number of nitrogens with zero attached hydrogens (tertiary/aromatic N) is 5. The normalized spacial score (nSPS) is 16.8. The van der Waals surface area contributed by atoms with Crippen molar-refractivity contribution in [1.82, 2.24) is 24.7 Å². The summed E-state index contributed by atoms with van der Waals surface area (Å²) in [6.07, 6.45) is 4.15. The summed E-state index contributed by atoms with van der Waals surface area (Å²) >= 11 is 6.45. The lowest BCUT2D eigenvalue weighted by atomic mass is 10.0. The smallest absolute Gasteiger partial charge is 0.291 e. The van der Waals surface area contributed by atoms with Gasteiger partial charge in [0.15, 0.2) is 24.0 Å². The lowest BCUT2D eigenvalue weighted by Crippen LogP contribution is -2.55. The van der Waals surface area contributed by atoms with Gasteiger partial charge in [-0.25, -0.2) is 9.37 Å². The Kier molecular flexibility index (Phi) is 9.41. The van der Waals surface area contributed by atoms with E-state index in [4.69, 9.17) is 21.6 Å². The molecule has 44 heavy (non-hydrogen) atoms. The van der Waals surface area contributed by atoms with E-state index < -0.39 is 29.9 Å². The highest BCUT2D eigenvalue weighted by Crippen LogP contribution is 2.30. The zero-order valence-corrected chi connectivity index (χ0v) is 24.7. The van der Waals surface area contributed by atoms with Crippen molar-refractivity contribution < 1.29 is 27.9 Å². The van der Waals surface area contributed by atoms with Gasteiger partial charge in [-0.05, 0) is 49.7 Å². The van der Waals surface area contributed by atoms with Crippen LogP contribution >= 0.6 is 11.6 Å². The number of nitriles is 1. The molecular formula is C30H30ClF2N7O4. The van der Waals surface area contributed by atoms with Crippen LogP contribution in [0.1, 0.15) is 40.2 Å². The minimum atomic E-state index is -1.26. The van der Waals surface area contributed by atoms with Crippen LogP contribution in [-0.2, 0) is 11.8 Å². The van der Waals surface area contributed by atoms with Gasteiger partial charge in [-0.15, -0.1) is 0 Å². The molecule has 0 aliphatic carbocycles. The topological polar surface area (TPSA) is 133 Å². The molecule has 230 valence electrons. The number of ether oxygens (including phenoxy) is 1. The summed E-state index contributed by atoms with van der Waals surface area (Å²) in [7, 11) is 1.47. The first kappa shape index (κ1) is 30.9. The highest BCUT2D eigenvalue weighted by atomic mass is 35.5. The first-order chi connectivity index (χ1) is 21.2. The summed E-state index contributed by atoms with van der Waals surface area (Å²) in [5.41, 5.74) is 0.543. The van der Waals surface area contributed by atoms with Gasteiger partial charge in [0.05, 0.1) is 28.5 Å². The van der Waals surface area contributed by atoms with Gasteiger partial charge >= 0.3 is 0 Å². The van der Waals surface area contributed by atoms with Crippen molar-refractivity contribution in [2.24, 2.45) is 7.05 Å². The third kappa shape index (κ3) is 6.36. The Hall–Kier alpha value is -4.54. The van der Waals surface area contributed by atoms with Crippen LogP contribution in [0.5, 0.6) is 5.75 Å². The van der Waals surface area contributed by atoms with E-state index in [0.717, 1.165) is 25.8 Å². The number of imidazole rings is 1. The predicted molar refractivity (Wildman–Crippen MR) is 157 cm³/mol. The van der Waals surface area contributed by atoms with E-state index in [2.05, 4.69) is 15.6 Å². The van der Waals surface area contributed by atoms with Crippen LogP contribution in [0.4, 0.5) is 14.5 Å². The van der Waals surface area contributed by atoms with Crippen molar-refractivity contribution in [3.05, 3.63) is 64.6 Å². The summed E-state index contributed by atoms with van der Waals surface area (Å²) < 4.78 is 35.4. The standard InChI is InChI=1S/C30H30ClF2N7O4/c1-38-23(20-7-8-24(44-15-9-34)26(33)25(20)32)17-36-27(38)28(41)37-18-5-6-19(21(31)16-18)29(42)39-11-13-40(14-12-39)30(43)22-4-2-3-10-35-22/h5-8,16-17,22,35H,2-4,10-15H2,1H3,(H,37,41)/t22-/m0/s1. The molecule has 1 atom stereocenters. The third-order valence-corrected chi connectivity index (χ3v) is 8.06. The fraction of sp³-hybridized carbons (Fsp3) is 0.367. The van der Waals surface area contributed by atoms with Gasteiger partial charge in [-0.1, -0.05) is 18.0 Å². The molecule has 0 bridgehead atoms. The van der Waals surface area contributed by atoms with Gasteiger partial charge in [-0.3, -0.25) is 14.4 Å². The maximum absolute atomic E-state index is 14.8. The molecule has 14 heteroatoms. The molecule has 2 saturated heterocycles. The number of carbonyl (C=O) groups is 3. The van der Waals surface area contributed by atoms with Crippen molar-refractivity contribution in [1.29, 1.82) is 5.26 Å². The predicted octanol–water partition coefficient (Wildman–Crippen LogP) is 3.60. The molecule has 0 spiro atoms. The number of rotatable bonds is 7. The number of nitrogens with one attached hydrogen (secondary N) is 2. The Morgan fingerprint density at radius 3 is 2.55 bits per heavy atom. The summed E-state index contributed by atoms with van der Waals surface area (Å²) in [5, 5.41) is 14.7. The molecule has 2 aliphatic rings. The van der Waals surface area contributed by atoms with Gasteiger partial charge in [0, 0.05) is 44.5 Å². The molecule has 1 aromatic heterocycles. The molecule has 5 rings (SSSR count). The number of aromatic nitrogens is 2. The third-order valence-electron chi connectivity index (χ3n) is 7.75. The first-order valence-corrected chi connectivity index (χ1v) is 14.5. The number of piperidine rings is 1. The van der Waals surface area contributed by atoms with E-state index in [1.54, 1.807) is 15.9 Å². The molecule has 3 amide bonds. The number of carbonyl (C=O) groups excluding carboxylic acids is 3. The first-order valence-electron chi connectivity index (χ1n) is 14.1. The molecule has 0 unspecified atom stereocenters. The molecule has 2 N–H and O–H groups in total. The van der Waals surface area contributed by atoms with Crippen molar-refractivity contribution >= 4 is 35.0 Å². The Balaban J connectivity index is 1.22. The zero-order chi connectivity index (χ0) is 31.4. The van der Waals surface area contributed by atoms with E-state index in [1.165, 1.54) is 48.1 Å². The summed E-state index contributed by atoms with van der Waals surface area (Å²) in [5.74, 6) is -3.81. The number of hydrogen-bond acceptors (Lipinski definition) is 7. The molecule has 2 aromatic carbocycles. The van der Waals surface area contributed by atoms with Gasteiger partial charge in [0.1, 0.15) is 6.07 Å². The van der Waals surface area contributed by atoms with Crippen LogP contribution in [0.25, 0.3) is 11.3 Å². The summed E-state index contributed by atoms with van der Waals surface area (Å²) in [6, 6.07) is 8.48. The molecule has 0 saturated carbocycles. The van der Waals surface area contributed by atoms with Crippen LogP contribution in [-0.4, -0.2) is 82.4 Å². The summed E-state index contributed by atoms with van der Waals surface area (Å²) in [6.45, 7) is 2.04. The van der Waals surface area contributed by atoms with Gasteiger partial charge in [-0.2, -0.15) is 9.65 Å². The second-order valence-electron chi connectivity index (χ2n) is 10.5. The highest BCUT2D eigenvalue weighted by molar-refractivity contribution is 6.34. The van der Waals surface area contributed by atoms with Gasteiger partial charge < -0.3 is 29.7 Å². The second-order valence-corrected chi connectivity index (χ2v) is 10.9. The largest absolute Gasteiger partial charge is 0.476 e. The number of anilines is 1. The number of piperazine rings is 1. The lowest BCUT2D eigenvalue weighted by molar-refractivity contribution is -0.135. The Morgan fingerprint density at radius 2 is 1.86 bits per heavy atom. The second kappa shape index (κ2) is 13.4. The van der Waals surface area contributed by atoms with Gasteiger partial charge in [0.2, 0.25) is 11.7 Å². The zero-order valence-electron chi connectivity index (χ0n) is 23.9. The summed E-state index contributed by atoms with van der Waals surface area (Å²) in [4.78, 5) is 46.5. The Morgan fingerprint density at radius 1 is 1.11 bits per heavy atom. The van der Waals surface area contributed by atoms with Crippen LogP contribution in [0, 0.1) is 23.0 Å². The van der Waals surface area contributed by atoms with Crippen molar-refractivity contribution in [2.75, 3.05) is 44.6 Å². The van der Waals surface area contributed by atoms with Crippen molar-refractivity contribution in [3.63, 3.8) is 0 Å². The minimum Gasteiger partial charge on any atom is -0.476 e. The van der Waals surface area contributed by atoms with E-state index in [9.17, 15) is 23.2 Å². The minimum absolute atomic E-state index is 0.0755. The van der Waals surface area contributed by atoms with E-state index >= 15 is 0 Å². The quantitative estimate of drug-likeness (QED) is 0.410. The van der Waals surface area contributed by atoms with E-state index in [1.807, 2.05) is 0 Å². The lowest BCUT2D eigenvalue weighted by Gasteiger charge is -2.37. The number of halogens is 3. The maximum Gasteiger partial charge on any atom is 0.291 e. The average molecular weight is 626 g/mol. The SMILES string of the molecule is Cn1c(-c2ccc(OCC#N)c(F)c2F)cnc1C(=O)Nc1ccc(C(=O)N2CCN(C(=O)[C@@H]3CCCCN3)CC2)c(Cl)c1. The fourth-order valence-electron chi connectivity index (χ4n) is 5.36. The highest BCUT2D eigenvalue weighted by Gasteiger charge is 2.30. The number of benzene rings is 2. The number of hydrogen-bond donors (Lipinski definition) is 2. The van der Waals surface area contributed by atoms with E-state index in [-0.39, 0.29) is 45.5 Å². The van der Waals surface area contributed by atoms with Crippen LogP contribution < -0.4 is 15.4 Å². The van der Waals surface area contributed by atoms with E-state index in [0.29, 0.717) is 31.9 Å². The van der Waals surface area contributed by atoms with Crippen molar-refractivity contribution in [3.8, 4) is 23.1 Å². The van der Waals surface area contributed by atoms with Crippen LogP contribution in [0.15, 0.2) is 36.5 Å². The average Bonchev–Trinajstić information content (AvgIpc) is 3.42. The molecular weight excluding hydrogens is 596 g/mol. The number of amides is 3. The van der Waals surface area contributed by atoms with Gasteiger partial charge in [0.25, 0.3) is 11.8 Å². The molecule has 2 fully saturated rings.